The van der Waals surface area contributed by atoms with Crippen molar-refractivity contribution in [2.45, 2.75) is 0 Å². The molecule has 0 aliphatic carbocycles. The average Bonchev–Trinajstić information content (AvgIpc) is 1.36. The summed E-state index contributed by atoms with van der Waals surface area (Å²) in [6.45, 7) is 0. The predicted molar refractivity (Wildman–Crippen MR) is 46.2 cm³/mol. The molecule has 0 aliphatic rings. The number of carbonyl (C=O) groups excluding carboxylic acids is 2. The van der Waals surface area contributed by atoms with Crippen molar-refractivity contribution in [3.05, 3.63) is 0 Å². The molecule has 0 atom stereocenters. The Balaban J connectivity index is -0.00000000189. The minimum atomic E-state index is -2.19. The molecule has 0 rings (SSSR count). The first-order valence-corrected chi connectivity index (χ1v) is 1.07. The quantitative estimate of drug-likeness (QED) is 0.310. The summed E-state index contributed by atoms with van der Waals surface area (Å²) in [4.78, 5) is 17.9. The van der Waals surface area contributed by atoms with Crippen molar-refractivity contribution in [3.63, 3.8) is 0 Å². The summed E-state index contributed by atoms with van der Waals surface area (Å²) in [6.07, 6.45) is 0. The fourth-order valence-corrected chi connectivity index (χ4v) is 0. The van der Waals surface area contributed by atoms with E-state index in [0.29, 0.717) is 0 Å². The fraction of sp³-hybridized carbons (Fsp3) is 0. The van der Waals surface area contributed by atoms with Crippen molar-refractivity contribution < 1.29 is 134 Å². The molecule has 0 spiro atoms. The fourth-order valence-electron chi connectivity index (χ4n) is 0. The SMILES string of the molecule is O.O.O.O.O.O.O.O.O.O.O=C([O-])C(=O)[O-].[Na+].[Na+]. The maximum atomic E-state index is 8.93. The van der Waals surface area contributed by atoms with Crippen molar-refractivity contribution in [1.29, 1.82) is 0 Å². The van der Waals surface area contributed by atoms with Gasteiger partial charge in [0.25, 0.3) is 0 Å². The third-order valence-corrected chi connectivity index (χ3v) is 0.167. The molecule has 0 amide bonds. The zero-order valence-corrected chi connectivity index (χ0v) is 13.6. The van der Waals surface area contributed by atoms with Crippen molar-refractivity contribution in [3.8, 4) is 0 Å². The van der Waals surface area contributed by atoms with E-state index in [9.17, 15) is 0 Å². The molecule has 0 aromatic rings. The number of carboxylic acid groups (broad SMARTS) is 2. The van der Waals surface area contributed by atoms with Crippen molar-refractivity contribution >= 4 is 11.9 Å². The van der Waals surface area contributed by atoms with Gasteiger partial charge in [0.2, 0.25) is 0 Å². The van der Waals surface area contributed by atoms with E-state index in [1.54, 1.807) is 0 Å². The van der Waals surface area contributed by atoms with Crippen molar-refractivity contribution in [1.82, 2.24) is 0 Å². The largest absolute Gasteiger partial charge is 1.00 e. The van der Waals surface area contributed by atoms with Crippen LogP contribution in [0.2, 0.25) is 0 Å². The molecule has 114 valence electrons. The number of hydrogen-bond acceptors (Lipinski definition) is 4. The van der Waals surface area contributed by atoms with Gasteiger partial charge >= 0.3 is 59.1 Å². The van der Waals surface area contributed by atoms with Crippen molar-refractivity contribution in [2.75, 3.05) is 0 Å². The summed E-state index contributed by atoms with van der Waals surface area (Å²) in [6, 6.07) is 0. The van der Waals surface area contributed by atoms with E-state index in [1.165, 1.54) is 0 Å². The Bertz CT molecular complexity index is 83.8. The number of hydrogen-bond donors (Lipinski definition) is 0. The molecule has 0 saturated carbocycles. The zero-order valence-electron chi connectivity index (χ0n) is 9.63. The van der Waals surface area contributed by atoms with E-state index >= 15 is 0 Å². The summed E-state index contributed by atoms with van der Waals surface area (Å²) in [5.41, 5.74) is 0. The molecule has 0 saturated heterocycles. The van der Waals surface area contributed by atoms with E-state index in [2.05, 4.69) is 0 Å². The van der Waals surface area contributed by atoms with Crippen LogP contribution >= 0.6 is 0 Å². The Hall–Kier alpha value is 0.540. The van der Waals surface area contributed by atoms with E-state index in [1.807, 2.05) is 0 Å². The molecule has 0 heterocycles. The van der Waals surface area contributed by atoms with E-state index in [-0.39, 0.29) is 114 Å². The molecular formula is C2H20Na2O14. The van der Waals surface area contributed by atoms with Gasteiger partial charge in [-0.25, -0.2) is 0 Å². The Morgan fingerprint density at radius 1 is 0.444 bits per heavy atom. The van der Waals surface area contributed by atoms with Crippen LogP contribution in [0, 0.1) is 0 Å². The molecule has 0 aromatic heterocycles. The molecule has 20 N–H and O–H groups in total. The van der Waals surface area contributed by atoms with Gasteiger partial charge in [-0.15, -0.1) is 0 Å². The van der Waals surface area contributed by atoms with Gasteiger partial charge < -0.3 is 74.6 Å². The van der Waals surface area contributed by atoms with Crippen LogP contribution in [0.4, 0.5) is 0 Å². The summed E-state index contributed by atoms with van der Waals surface area (Å²) in [5.74, 6) is -4.37. The maximum Gasteiger partial charge on any atom is 1.00 e. The zero-order chi connectivity index (χ0) is 5.15. The molecule has 18 heavy (non-hydrogen) atoms. The first-order chi connectivity index (χ1) is 2.64. The molecule has 0 fully saturated rings. The topological polar surface area (TPSA) is 395 Å². The van der Waals surface area contributed by atoms with Crippen LogP contribution in [0.1, 0.15) is 0 Å². The molecule has 0 bridgehead atoms. The molecule has 0 aliphatic heterocycles. The first kappa shape index (κ1) is 186. The monoisotopic (exact) mass is 314 g/mol. The van der Waals surface area contributed by atoms with E-state index in [4.69, 9.17) is 19.8 Å². The van der Waals surface area contributed by atoms with Crippen LogP contribution in [-0.2, 0) is 9.59 Å². The number of rotatable bonds is 0. The Morgan fingerprint density at radius 3 is 0.500 bits per heavy atom. The molecule has 16 heteroatoms. The van der Waals surface area contributed by atoms with Crippen LogP contribution in [0.15, 0.2) is 0 Å². The summed E-state index contributed by atoms with van der Waals surface area (Å²) in [7, 11) is 0. The Morgan fingerprint density at radius 2 is 0.500 bits per heavy atom. The van der Waals surface area contributed by atoms with Gasteiger partial charge in [-0.2, -0.15) is 0 Å². The normalized spacial score (nSPS) is 2.44. The third-order valence-electron chi connectivity index (χ3n) is 0.167. The van der Waals surface area contributed by atoms with Crippen molar-refractivity contribution in [2.24, 2.45) is 0 Å². The Kier molecular flexibility index (Phi) is 1160. The van der Waals surface area contributed by atoms with Gasteiger partial charge in [0.05, 0.1) is 11.9 Å². The molecule has 0 aromatic carbocycles. The minimum Gasteiger partial charge on any atom is -0.543 e. The Labute approximate surface area is 145 Å². The molecule has 14 nitrogen and oxygen atoms in total. The van der Waals surface area contributed by atoms with Crippen LogP contribution in [0.25, 0.3) is 0 Å². The predicted octanol–water partition coefficient (Wildman–Crippen LogP) is -17.8. The maximum absolute atomic E-state index is 8.93. The smallest absolute Gasteiger partial charge is 0.543 e. The molecular weight excluding hydrogens is 294 g/mol. The van der Waals surface area contributed by atoms with Gasteiger partial charge in [0.1, 0.15) is 0 Å². The van der Waals surface area contributed by atoms with E-state index in [0.717, 1.165) is 0 Å². The summed E-state index contributed by atoms with van der Waals surface area (Å²) in [5, 5.41) is 17.9. The number of aliphatic carboxylic acids is 2. The molecule has 0 radical (unpaired) electrons. The first-order valence-electron chi connectivity index (χ1n) is 1.07. The second-order valence-electron chi connectivity index (χ2n) is 0.575. The van der Waals surface area contributed by atoms with Crippen LogP contribution in [0.3, 0.4) is 0 Å². The second-order valence-corrected chi connectivity index (χ2v) is 0.575. The summed E-state index contributed by atoms with van der Waals surface area (Å²) >= 11 is 0. The van der Waals surface area contributed by atoms with E-state index < -0.39 is 11.9 Å². The number of carbonyl (C=O) groups is 2. The second kappa shape index (κ2) is 112. The van der Waals surface area contributed by atoms with Crippen LogP contribution in [-0.4, -0.2) is 66.7 Å². The average molecular weight is 314 g/mol. The summed E-state index contributed by atoms with van der Waals surface area (Å²) < 4.78 is 0. The third kappa shape index (κ3) is 194. The van der Waals surface area contributed by atoms with Gasteiger partial charge in [-0.05, 0) is 0 Å². The van der Waals surface area contributed by atoms with Crippen LogP contribution < -0.4 is 69.3 Å². The van der Waals surface area contributed by atoms with Gasteiger partial charge in [0, 0.05) is 0 Å². The minimum absolute atomic E-state index is 0. The van der Waals surface area contributed by atoms with Gasteiger partial charge in [0.15, 0.2) is 0 Å². The van der Waals surface area contributed by atoms with Gasteiger partial charge in [-0.3, -0.25) is 0 Å². The van der Waals surface area contributed by atoms with Gasteiger partial charge in [-0.1, -0.05) is 0 Å². The standard InChI is InChI=1S/C2H2O4.2Na.10H2O/c3-1(4)2(5)6;;;;;;;;;;;;/h(H,3,4)(H,5,6);;;10*1H2/q;2*+1;;;;;;;;;;/p-2. The number of carboxylic acids is 2. The van der Waals surface area contributed by atoms with Crippen LogP contribution in [0.5, 0.6) is 0 Å². The molecule has 0 unspecified atom stereocenters.